The first-order valence-electron chi connectivity index (χ1n) is 12.8. The first-order chi connectivity index (χ1) is 19.5. The van der Waals surface area contributed by atoms with Crippen LogP contribution in [0.4, 0.5) is 0 Å². The van der Waals surface area contributed by atoms with Crippen LogP contribution in [-0.2, 0) is 32.2 Å². The Hall–Kier alpha value is -0.640. The highest BCUT2D eigenvalue weighted by Gasteiger charge is 2.36. The molecule has 0 aromatic heterocycles. The van der Waals surface area contributed by atoms with E-state index in [1.807, 2.05) is 21.5 Å². The minimum absolute atomic E-state index is 0. The minimum atomic E-state index is -3.66. The zero-order chi connectivity index (χ0) is 30.2. The minimum Gasteiger partial charge on any atom is -0.405 e. The largest absolute Gasteiger partial charge is 0.530 e. The van der Waals surface area contributed by atoms with Gasteiger partial charge in [0.25, 0.3) is 0 Å². The van der Waals surface area contributed by atoms with Gasteiger partial charge in [-0.1, -0.05) is 51.3 Å². The summed E-state index contributed by atoms with van der Waals surface area (Å²) in [4.78, 5) is 0. The Kier molecular flexibility index (Phi) is 21.7. The van der Waals surface area contributed by atoms with Gasteiger partial charge in [0.2, 0.25) is 0 Å². The summed E-state index contributed by atoms with van der Waals surface area (Å²) in [7, 11) is 0. The lowest BCUT2D eigenvalue weighted by atomic mass is 10.3. The Bertz CT molecular complexity index is 1070. The molecule has 43 heavy (non-hydrogen) atoms. The molecule has 0 amide bonds. The number of para-hydroxylation sites is 2. The zero-order valence-corrected chi connectivity index (χ0v) is 27.8. The van der Waals surface area contributed by atoms with Gasteiger partial charge in [-0.3, -0.25) is 13.6 Å². The van der Waals surface area contributed by atoms with E-state index in [9.17, 15) is 13.7 Å². The van der Waals surface area contributed by atoms with Gasteiger partial charge in [0.05, 0.1) is 39.6 Å². The fraction of sp³-hybridized carbons (Fsp3) is 0.538. The average molecular weight is 728 g/mol. The molecule has 2 heterocycles. The van der Waals surface area contributed by atoms with Crippen LogP contribution in [0.1, 0.15) is 28.7 Å². The molecule has 0 bridgehead atoms. The summed E-state index contributed by atoms with van der Waals surface area (Å²) in [6, 6.07) is 17.3. The van der Waals surface area contributed by atoms with Crippen molar-refractivity contribution in [2.75, 3.05) is 65.8 Å². The second kappa shape index (κ2) is 22.0. The fourth-order valence-corrected chi connectivity index (χ4v) is 8.48. The Labute approximate surface area is 270 Å². The number of hydrogen-bond acceptors (Lipinski definition) is 9. The molecule has 0 radical (unpaired) electrons. The Balaban J connectivity index is 0.000000630. The molecule has 2 aliphatic rings. The first-order valence-corrected chi connectivity index (χ1v) is 20.2. The van der Waals surface area contributed by atoms with Gasteiger partial charge in [-0.15, -0.1) is 0 Å². The molecule has 0 aliphatic carbocycles. The van der Waals surface area contributed by atoms with Crippen LogP contribution in [-0.4, -0.2) is 75.2 Å². The molecule has 2 saturated heterocycles. The van der Waals surface area contributed by atoms with E-state index in [4.69, 9.17) is 52.2 Å². The van der Waals surface area contributed by atoms with E-state index >= 15 is 0 Å². The molecule has 2 aromatic rings. The van der Waals surface area contributed by atoms with Gasteiger partial charge in [0, 0.05) is 48.7 Å². The normalized spacial score (nSPS) is 16.1. The maximum Gasteiger partial charge on any atom is 0.530 e. The van der Waals surface area contributed by atoms with Gasteiger partial charge < -0.3 is 18.5 Å². The monoisotopic (exact) mass is 726 g/mol. The summed E-state index contributed by atoms with van der Waals surface area (Å²) in [5, 5.41) is 0. The summed E-state index contributed by atoms with van der Waals surface area (Å²) in [5.41, 5.74) is 0. The lowest BCUT2D eigenvalue weighted by Gasteiger charge is -2.38. The molecule has 2 aromatic carbocycles. The molecular formula is C26H44Cl3N2O9P3. The predicted molar refractivity (Wildman–Crippen MR) is 176 cm³/mol. The molecular weight excluding hydrogens is 684 g/mol. The third kappa shape index (κ3) is 17.0. The summed E-state index contributed by atoms with van der Waals surface area (Å²) in [5.74, 6) is 0.809. The van der Waals surface area contributed by atoms with Crippen molar-refractivity contribution in [2.24, 2.45) is 0 Å². The SMILES string of the molecule is C.C.CCOP(=O)(Cl)OCC.O=P(Cl)(N1CCOCC1)N1CCOCC1.O=P(Cl)(Oc1ccccc1)Oc1ccccc1. The quantitative estimate of drug-likeness (QED) is 0.218. The van der Waals surface area contributed by atoms with Crippen molar-refractivity contribution in [3.05, 3.63) is 60.7 Å². The van der Waals surface area contributed by atoms with Crippen LogP contribution in [0.3, 0.4) is 0 Å². The Morgan fingerprint density at radius 2 is 0.953 bits per heavy atom. The number of benzene rings is 2. The lowest BCUT2D eigenvalue weighted by Crippen LogP contribution is -2.41. The van der Waals surface area contributed by atoms with Crippen molar-refractivity contribution < 1.29 is 41.3 Å². The van der Waals surface area contributed by atoms with Crippen LogP contribution in [0.5, 0.6) is 11.5 Å². The summed E-state index contributed by atoms with van der Waals surface area (Å²) in [6.45, 7) is -0.679. The molecule has 2 fully saturated rings. The van der Waals surface area contributed by atoms with Crippen LogP contribution in [0, 0.1) is 0 Å². The molecule has 0 N–H and O–H groups in total. The number of nitrogens with zero attached hydrogens (tertiary/aromatic N) is 2. The van der Waals surface area contributed by atoms with Gasteiger partial charge in [-0.2, -0.15) is 0 Å². The van der Waals surface area contributed by atoms with Gasteiger partial charge >= 0.3 is 20.7 Å². The first kappa shape index (κ1) is 42.4. The van der Waals surface area contributed by atoms with Gasteiger partial charge in [-0.05, 0) is 49.4 Å². The number of morpholine rings is 2. The Morgan fingerprint density at radius 3 is 1.26 bits per heavy atom. The van der Waals surface area contributed by atoms with E-state index in [2.05, 4.69) is 9.05 Å². The van der Waals surface area contributed by atoms with Gasteiger partial charge in [0.15, 0.2) is 0 Å². The second-order valence-electron chi connectivity index (χ2n) is 8.11. The molecule has 0 spiro atoms. The average Bonchev–Trinajstić information content (AvgIpc) is 2.95. The standard InChI is InChI=1S/C12H10ClO3P.C8H16ClN2O3P.C4H10ClO3P.2CH4/c13-17(14,15-11-7-3-1-4-8-11)16-12-9-5-2-6-10-12;9-15(12,10-1-5-13-6-2-10)11-3-7-14-8-4-11;1-3-7-9(5,6)8-4-2;;/h1-10H;1-8H2;3-4H2,1-2H3;2*1H4. The van der Waals surface area contributed by atoms with Crippen LogP contribution in [0.25, 0.3) is 0 Å². The van der Waals surface area contributed by atoms with E-state index in [1.54, 1.807) is 62.4 Å². The molecule has 248 valence electrons. The third-order valence-corrected chi connectivity index (χ3v) is 11.6. The maximum atomic E-state index is 12.4. The van der Waals surface area contributed by atoms with Crippen LogP contribution in [0.2, 0.25) is 0 Å². The van der Waals surface area contributed by atoms with Crippen molar-refractivity contribution in [1.29, 1.82) is 0 Å². The van der Waals surface area contributed by atoms with Gasteiger partial charge in [0.1, 0.15) is 11.5 Å². The van der Waals surface area contributed by atoms with E-state index in [1.165, 1.54) is 0 Å². The molecule has 2 aliphatic heterocycles. The van der Waals surface area contributed by atoms with Crippen molar-refractivity contribution in [3.8, 4) is 11.5 Å². The lowest BCUT2D eigenvalue weighted by molar-refractivity contribution is 0.0547. The van der Waals surface area contributed by atoms with Crippen LogP contribution < -0.4 is 9.05 Å². The Morgan fingerprint density at radius 1 is 0.628 bits per heavy atom. The summed E-state index contributed by atoms with van der Waals surface area (Å²) in [6.07, 6.45) is 0. The van der Waals surface area contributed by atoms with E-state index in [0.29, 0.717) is 77.3 Å². The number of ether oxygens (including phenoxy) is 2. The molecule has 0 atom stereocenters. The highest BCUT2D eigenvalue weighted by Crippen LogP contribution is 2.58. The topological polar surface area (TPSA) is 113 Å². The van der Waals surface area contributed by atoms with Crippen molar-refractivity contribution in [3.63, 3.8) is 0 Å². The zero-order valence-electron chi connectivity index (χ0n) is 22.9. The van der Waals surface area contributed by atoms with E-state index in [0.717, 1.165) is 0 Å². The van der Waals surface area contributed by atoms with Crippen LogP contribution >= 0.6 is 54.4 Å². The number of hydrogen-bond donors (Lipinski definition) is 0. The highest BCUT2D eigenvalue weighted by molar-refractivity contribution is 7.85. The smallest absolute Gasteiger partial charge is 0.405 e. The molecule has 11 nitrogen and oxygen atoms in total. The summed E-state index contributed by atoms with van der Waals surface area (Å²) < 4.78 is 68.5. The molecule has 0 saturated carbocycles. The molecule has 17 heteroatoms. The van der Waals surface area contributed by atoms with E-state index in [-0.39, 0.29) is 14.9 Å². The molecule has 0 unspecified atom stereocenters. The fourth-order valence-electron chi connectivity index (χ4n) is 3.36. The summed E-state index contributed by atoms with van der Waals surface area (Å²) >= 11 is 17.2. The second-order valence-corrected chi connectivity index (χ2v) is 16.6. The molecule has 4 rings (SSSR count). The van der Waals surface area contributed by atoms with Crippen molar-refractivity contribution in [1.82, 2.24) is 9.34 Å². The van der Waals surface area contributed by atoms with Crippen molar-refractivity contribution >= 4 is 54.4 Å². The van der Waals surface area contributed by atoms with Gasteiger partial charge in [-0.25, -0.2) is 18.5 Å². The highest BCUT2D eigenvalue weighted by atomic mass is 35.7. The number of halogens is 3. The predicted octanol–water partition coefficient (Wildman–Crippen LogP) is 9.17. The van der Waals surface area contributed by atoms with Crippen molar-refractivity contribution in [2.45, 2.75) is 28.7 Å². The maximum absolute atomic E-state index is 12.4. The third-order valence-electron chi connectivity index (χ3n) is 5.15. The number of rotatable bonds is 10. The van der Waals surface area contributed by atoms with Crippen LogP contribution in [0.15, 0.2) is 60.7 Å². The van der Waals surface area contributed by atoms with E-state index < -0.39 is 20.7 Å².